The summed E-state index contributed by atoms with van der Waals surface area (Å²) in [6.07, 6.45) is 1.57. The van der Waals surface area contributed by atoms with E-state index < -0.39 is 5.97 Å². The fraction of sp³-hybridized carbons (Fsp3) is 0.250. The highest BCUT2D eigenvalue weighted by atomic mass is 16.5. The number of carboxylic acid groups (broad SMARTS) is 1. The van der Waals surface area contributed by atoms with Crippen molar-refractivity contribution in [3.63, 3.8) is 0 Å². The van der Waals surface area contributed by atoms with Crippen LogP contribution >= 0.6 is 0 Å². The lowest BCUT2D eigenvalue weighted by atomic mass is 9.99. The zero-order valence-corrected chi connectivity index (χ0v) is 16.3. The van der Waals surface area contributed by atoms with E-state index in [0.717, 1.165) is 11.3 Å². The van der Waals surface area contributed by atoms with Crippen molar-refractivity contribution in [2.45, 2.75) is 26.8 Å². The summed E-state index contributed by atoms with van der Waals surface area (Å²) in [5.41, 5.74) is 10.4. The first-order chi connectivity index (χ1) is 13.8. The van der Waals surface area contributed by atoms with E-state index in [4.69, 9.17) is 15.6 Å². The molecular formula is C20H20N6O3. The molecule has 0 saturated heterocycles. The first-order valence-corrected chi connectivity index (χ1v) is 8.83. The molecule has 9 nitrogen and oxygen atoms in total. The van der Waals surface area contributed by atoms with Gasteiger partial charge in [-0.3, -0.25) is 9.48 Å². The van der Waals surface area contributed by atoms with Crippen LogP contribution in [-0.4, -0.2) is 37.9 Å². The normalized spacial score (nSPS) is 10.6. The summed E-state index contributed by atoms with van der Waals surface area (Å²) in [5, 5.41) is 22.9. The Bertz CT molecular complexity index is 1110. The largest absolute Gasteiger partial charge is 0.481 e. The second kappa shape index (κ2) is 7.98. The molecule has 148 valence electrons. The molecule has 0 fully saturated rings. The maximum Gasteiger partial charge on any atom is 0.305 e. The number of aliphatic carboxylic acids is 1. The Morgan fingerprint density at radius 3 is 2.72 bits per heavy atom. The lowest BCUT2D eigenvalue weighted by Crippen LogP contribution is -2.07. The number of ether oxygens (including phenoxy) is 1. The maximum atomic E-state index is 10.9. The average Bonchev–Trinajstić information content (AvgIpc) is 2.99. The first kappa shape index (κ1) is 19.8. The standard InChI is InChI=1S/C20H20N6O3/c1-11-19(12(2)26(25-11)7-6-18(27)28)16-8-14(15(9-21)20(22)24-16)13-4-5-17(29-3)23-10-13/h4-5,8,10H,6-7H2,1-3H3,(H2,22,24)(H,27,28). The van der Waals surface area contributed by atoms with Crippen LogP contribution in [0.4, 0.5) is 5.82 Å². The Hall–Kier alpha value is -3.93. The Labute approximate surface area is 167 Å². The number of nitrogen functional groups attached to an aromatic ring is 1. The predicted molar refractivity (Wildman–Crippen MR) is 106 cm³/mol. The first-order valence-electron chi connectivity index (χ1n) is 8.83. The molecule has 0 aliphatic carbocycles. The molecule has 9 heteroatoms. The van der Waals surface area contributed by atoms with Crippen molar-refractivity contribution < 1.29 is 14.6 Å². The van der Waals surface area contributed by atoms with Gasteiger partial charge in [0.15, 0.2) is 0 Å². The molecule has 3 N–H and O–H groups in total. The zero-order chi connectivity index (χ0) is 21.1. The summed E-state index contributed by atoms with van der Waals surface area (Å²) in [6.45, 7) is 3.93. The van der Waals surface area contributed by atoms with E-state index in [2.05, 4.69) is 21.1 Å². The van der Waals surface area contributed by atoms with E-state index in [1.165, 1.54) is 7.11 Å². The van der Waals surface area contributed by atoms with Gasteiger partial charge in [-0.15, -0.1) is 0 Å². The van der Waals surface area contributed by atoms with E-state index in [1.54, 1.807) is 29.1 Å². The number of pyridine rings is 2. The highest BCUT2D eigenvalue weighted by Crippen LogP contribution is 2.33. The van der Waals surface area contributed by atoms with Gasteiger partial charge in [-0.25, -0.2) is 9.97 Å². The van der Waals surface area contributed by atoms with E-state index in [9.17, 15) is 10.1 Å². The predicted octanol–water partition coefficient (Wildman–Crippen LogP) is 2.56. The summed E-state index contributed by atoms with van der Waals surface area (Å²) in [5.74, 6) is -0.331. The number of nitrogens with zero attached hydrogens (tertiary/aromatic N) is 5. The van der Waals surface area contributed by atoms with Crippen LogP contribution < -0.4 is 10.5 Å². The highest BCUT2D eigenvalue weighted by molar-refractivity contribution is 5.81. The number of anilines is 1. The summed E-state index contributed by atoms with van der Waals surface area (Å²) in [6, 6.07) is 7.37. The molecule has 0 amide bonds. The van der Waals surface area contributed by atoms with Gasteiger partial charge in [-0.2, -0.15) is 10.4 Å². The molecule has 0 spiro atoms. The SMILES string of the molecule is COc1ccc(-c2cc(-c3c(C)nn(CCC(=O)O)c3C)nc(N)c2C#N)cn1. The van der Waals surface area contributed by atoms with Crippen LogP contribution in [0.5, 0.6) is 5.88 Å². The average molecular weight is 392 g/mol. The van der Waals surface area contributed by atoms with Gasteiger partial charge in [0.05, 0.1) is 31.5 Å². The third-order valence-corrected chi connectivity index (χ3v) is 4.59. The molecule has 0 aliphatic rings. The quantitative estimate of drug-likeness (QED) is 0.652. The van der Waals surface area contributed by atoms with Gasteiger partial charge in [-0.1, -0.05) is 0 Å². The van der Waals surface area contributed by atoms with Crippen LogP contribution in [0.3, 0.4) is 0 Å². The van der Waals surface area contributed by atoms with Crippen LogP contribution in [0.1, 0.15) is 23.4 Å². The van der Waals surface area contributed by atoms with Crippen LogP contribution in [0.15, 0.2) is 24.4 Å². The molecule has 3 aromatic rings. The molecule has 0 unspecified atom stereocenters. The molecule has 0 bridgehead atoms. The van der Waals surface area contributed by atoms with Gasteiger partial charge in [-0.05, 0) is 26.0 Å². The molecule has 0 aromatic carbocycles. The number of carbonyl (C=O) groups is 1. The molecule has 0 saturated carbocycles. The molecule has 3 aromatic heterocycles. The summed E-state index contributed by atoms with van der Waals surface area (Å²) in [4.78, 5) is 19.5. The van der Waals surface area contributed by atoms with Crippen LogP contribution in [0.2, 0.25) is 0 Å². The number of hydrogen-bond acceptors (Lipinski definition) is 7. The van der Waals surface area contributed by atoms with E-state index in [0.29, 0.717) is 28.4 Å². The molecule has 0 aliphatic heterocycles. The minimum absolute atomic E-state index is 0.0346. The van der Waals surface area contributed by atoms with E-state index >= 15 is 0 Å². The smallest absolute Gasteiger partial charge is 0.305 e. The van der Waals surface area contributed by atoms with Crippen molar-refractivity contribution in [3.05, 3.63) is 41.3 Å². The van der Waals surface area contributed by atoms with Gasteiger partial charge < -0.3 is 15.6 Å². The monoisotopic (exact) mass is 392 g/mol. The summed E-state index contributed by atoms with van der Waals surface area (Å²) >= 11 is 0. The molecule has 3 rings (SSSR count). The van der Waals surface area contributed by atoms with Crippen LogP contribution in [-0.2, 0) is 11.3 Å². The number of methoxy groups -OCH3 is 1. The maximum absolute atomic E-state index is 10.9. The number of rotatable bonds is 6. The molecule has 29 heavy (non-hydrogen) atoms. The molecule has 0 atom stereocenters. The minimum atomic E-state index is -0.894. The van der Waals surface area contributed by atoms with Crippen molar-refractivity contribution >= 4 is 11.8 Å². The number of nitriles is 1. The second-order valence-corrected chi connectivity index (χ2v) is 6.43. The number of aromatic nitrogens is 4. The van der Waals surface area contributed by atoms with Crippen molar-refractivity contribution in [2.24, 2.45) is 0 Å². The minimum Gasteiger partial charge on any atom is -0.481 e. The van der Waals surface area contributed by atoms with Crippen molar-refractivity contribution in [1.29, 1.82) is 5.26 Å². The van der Waals surface area contributed by atoms with Crippen LogP contribution in [0.25, 0.3) is 22.4 Å². The van der Waals surface area contributed by atoms with Crippen molar-refractivity contribution in [2.75, 3.05) is 12.8 Å². The zero-order valence-electron chi connectivity index (χ0n) is 16.3. The van der Waals surface area contributed by atoms with E-state index in [1.807, 2.05) is 13.8 Å². The Morgan fingerprint density at radius 1 is 1.38 bits per heavy atom. The van der Waals surface area contributed by atoms with Gasteiger partial charge in [0, 0.05) is 34.6 Å². The van der Waals surface area contributed by atoms with Gasteiger partial charge in [0.25, 0.3) is 0 Å². The number of nitrogens with two attached hydrogens (primary N) is 1. The third kappa shape index (κ3) is 3.87. The van der Waals surface area contributed by atoms with Crippen molar-refractivity contribution in [3.8, 4) is 34.3 Å². The van der Waals surface area contributed by atoms with Gasteiger partial charge in [0.1, 0.15) is 17.5 Å². The number of carboxylic acids is 1. The van der Waals surface area contributed by atoms with E-state index in [-0.39, 0.29) is 24.3 Å². The number of hydrogen-bond donors (Lipinski definition) is 2. The summed E-state index contributed by atoms with van der Waals surface area (Å²) < 4.78 is 6.73. The van der Waals surface area contributed by atoms with Gasteiger partial charge >= 0.3 is 5.97 Å². The Morgan fingerprint density at radius 2 is 2.14 bits per heavy atom. The number of aryl methyl sites for hydroxylation is 2. The van der Waals surface area contributed by atoms with Crippen molar-refractivity contribution in [1.82, 2.24) is 19.7 Å². The Kier molecular flexibility index (Phi) is 5.45. The van der Waals surface area contributed by atoms with Crippen LogP contribution in [0, 0.1) is 25.2 Å². The topological polar surface area (TPSA) is 140 Å². The third-order valence-electron chi connectivity index (χ3n) is 4.59. The lowest BCUT2D eigenvalue weighted by molar-refractivity contribution is -0.137. The lowest BCUT2D eigenvalue weighted by Gasteiger charge is -2.11. The fourth-order valence-corrected chi connectivity index (χ4v) is 3.19. The molecule has 0 radical (unpaired) electrons. The molecular weight excluding hydrogens is 372 g/mol. The fourth-order valence-electron chi connectivity index (χ4n) is 3.19. The second-order valence-electron chi connectivity index (χ2n) is 6.43. The summed E-state index contributed by atoms with van der Waals surface area (Å²) in [7, 11) is 1.53. The highest BCUT2D eigenvalue weighted by Gasteiger charge is 2.19. The van der Waals surface area contributed by atoms with Gasteiger partial charge in [0.2, 0.25) is 5.88 Å². The molecule has 3 heterocycles. The Balaban J connectivity index is 2.13.